The Hall–Kier alpha value is -0.0787. The van der Waals surface area contributed by atoms with E-state index in [2.05, 4.69) is 4.98 Å². The number of phenols is 1. The molecule has 1 N–H and O–H groups in total. The van der Waals surface area contributed by atoms with Crippen molar-refractivity contribution >= 4 is 23.3 Å². The molecule has 78 valence electrons. The molecule has 0 saturated heterocycles. The van der Waals surface area contributed by atoms with Crippen LogP contribution < -0.4 is 56.8 Å². The molecule has 0 fully saturated rings. The van der Waals surface area contributed by atoms with Gasteiger partial charge in [-0.2, -0.15) is 0 Å². The number of aromatic hydroxyl groups is 1. The van der Waals surface area contributed by atoms with Gasteiger partial charge >= 0.3 is 58.4 Å². The first-order valence-electron chi connectivity index (χ1n) is 4.26. The number of para-hydroxylation sites is 1. The maximum absolute atomic E-state index is 12.6. The normalized spacial score (nSPS) is 11.2. The van der Waals surface area contributed by atoms with Crippen molar-refractivity contribution in [1.82, 2.24) is 4.98 Å². The third-order valence-corrected chi connectivity index (χ3v) is 2.14. The Bertz CT molecular complexity index is 518. The van der Waals surface area contributed by atoms with Gasteiger partial charge in [0.2, 0.25) is 0 Å². The van der Waals surface area contributed by atoms with E-state index in [4.69, 9.17) is 0 Å². The second-order valence-electron chi connectivity index (χ2n) is 3.15. The van der Waals surface area contributed by atoms with E-state index in [1.165, 1.54) is 18.2 Å². The summed E-state index contributed by atoms with van der Waals surface area (Å²) in [6.07, 6.45) is 1.05. The number of nitrogens with zero attached hydrogens (tertiary/aromatic N) is 1. The first-order chi connectivity index (χ1) is 7.00. The van der Waals surface area contributed by atoms with E-state index in [1.54, 1.807) is 0 Å². The number of hydrogen-bond donors (Lipinski definition) is 1. The SMILES string of the molecule is Oc1cccc2c([B-](F)(F)F)ccnc12.[K+]. The Labute approximate surface area is 132 Å². The van der Waals surface area contributed by atoms with E-state index in [0.29, 0.717) is 0 Å². The first kappa shape index (κ1) is 14.0. The molecule has 0 spiro atoms. The molecule has 2 rings (SSSR count). The van der Waals surface area contributed by atoms with Gasteiger partial charge in [-0.1, -0.05) is 23.7 Å². The fourth-order valence-electron chi connectivity index (χ4n) is 1.47. The largest absolute Gasteiger partial charge is 1.00 e. The van der Waals surface area contributed by atoms with Crippen molar-refractivity contribution in [1.29, 1.82) is 0 Å². The molecular formula is C9H6BF3KNO. The second-order valence-corrected chi connectivity index (χ2v) is 3.15. The van der Waals surface area contributed by atoms with Gasteiger partial charge in [-0.25, -0.2) is 0 Å². The molecule has 0 radical (unpaired) electrons. The summed E-state index contributed by atoms with van der Waals surface area (Å²) in [6, 6.07) is 4.89. The smallest absolute Gasteiger partial charge is 0.506 e. The summed E-state index contributed by atoms with van der Waals surface area (Å²) in [5.74, 6) is -0.241. The summed E-state index contributed by atoms with van der Waals surface area (Å²) in [5, 5.41) is 9.27. The molecule has 0 aliphatic rings. The van der Waals surface area contributed by atoms with Gasteiger partial charge in [0.25, 0.3) is 0 Å². The molecule has 7 heteroatoms. The van der Waals surface area contributed by atoms with Crippen LogP contribution in [0, 0.1) is 0 Å². The molecular weight excluding hydrogens is 245 g/mol. The predicted octanol–water partition coefficient (Wildman–Crippen LogP) is -1.00. The molecule has 0 amide bonds. The van der Waals surface area contributed by atoms with E-state index >= 15 is 0 Å². The van der Waals surface area contributed by atoms with Gasteiger partial charge in [0, 0.05) is 6.20 Å². The fourth-order valence-corrected chi connectivity index (χ4v) is 1.47. The molecule has 2 nitrogen and oxygen atoms in total. The van der Waals surface area contributed by atoms with Crippen LogP contribution in [0.4, 0.5) is 12.9 Å². The number of pyridine rings is 1. The third-order valence-electron chi connectivity index (χ3n) is 2.14. The van der Waals surface area contributed by atoms with Crippen LogP contribution in [0.3, 0.4) is 0 Å². The molecule has 0 atom stereocenters. The number of rotatable bonds is 1. The topological polar surface area (TPSA) is 33.1 Å². The van der Waals surface area contributed by atoms with E-state index in [9.17, 15) is 18.1 Å². The number of hydrogen-bond acceptors (Lipinski definition) is 2. The van der Waals surface area contributed by atoms with E-state index in [1.807, 2.05) is 0 Å². The fraction of sp³-hybridized carbons (Fsp3) is 0. The molecule has 0 aliphatic carbocycles. The van der Waals surface area contributed by atoms with Crippen LogP contribution >= 0.6 is 0 Å². The molecule has 16 heavy (non-hydrogen) atoms. The summed E-state index contributed by atoms with van der Waals surface area (Å²) in [7, 11) is 0. The summed E-state index contributed by atoms with van der Waals surface area (Å²) < 4.78 is 37.8. The van der Waals surface area contributed by atoms with Crippen LogP contribution in [-0.2, 0) is 0 Å². The van der Waals surface area contributed by atoms with Gasteiger partial charge in [0.1, 0.15) is 11.3 Å². The van der Waals surface area contributed by atoms with Gasteiger partial charge in [-0.05, 0) is 11.5 Å². The van der Waals surface area contributed by atoms with Crippen LogP contribution in [0.25, 0.3) is 10.9 Å². The number of fused-ring (bicyclic) bond motifs is 1. The Balaban J connectivity index is 0.00000128. The van der Waals surface area contributed by atoms with Crippen molar-refractivity contribution in [2.75, 3.05) is 0 Å². The summed E-state index contributed by atoms with van der Waals surface area (Å²) in [6.45, 7) is -5.08. The molecule has 1 heterocycles. The maximum atomic E-state index is 12.6. The Morgan fingerprint density at radius 1 is 1.12 bits per heavy atom. The second kappa shape index (κ2) is 5.05. The van der Waals surface area contributed by atoms with Crippen LogP contribution in [-0.4, -0.2) is 17.1 Å². The van der Waals surface area contributed by atoms with Gasteiger partial charge in [0.05, 0.1) is 0 Å². The molecule has 0 bridgehead atoms. The van der Waals surface area contributed by atoms with Gasteiger partial charge in [0.15, 0.2) is 0 Å². The zero-order valence-electron chi connectivity index (χ0n) is 8.49. The van der Waals surface area contributed by atoms with Crippen LogP contribution in [0.15, 0.2) is 30.5 Å². The Morgan fingerprint density at radius 3 is 2.44 bits per heavy atom. The van der Waals surface area contributed by atoms with Crippen molar-refractivity contribution < 1.29 is 69.4 Å². The molecule has 1 aromatic carbocycles. The number of halogens is 3. The van der Waals surface area contributed by atoms with Crippen molar-refractivity contribution in [3.63, 3.8) is 0 Å². The van der Waals surface area contributed by atoms with Crippen LogP contribution in [0.2, 0.25) is 0 Å². The van der Waals surface area contributed by atoms with E-state index in [-0.39, 0.29) is 68.0 Å². The van der Waals surface area contributed by atoms with Crippen molar-refractivity contribution in [3.05, 3.63) is 30.5 Å². The van der Waals surface area contributed by atoms with E-state index in [0.717, 1.165) is 12.3 Å². The van der Waals surface area contributed by atoms with Crippen molar-refractivity contribution in [2.45, 2.75) is 0 Å². The minimum atomic E-state index is -5.08. The van der Waals surface area contributed by atoms with Crippen molar-refractivity contribution in [3.8, 4) is 5.75 Å². The average molecular weight is 251 g/mol. The summed E-state index contributed by atoms with van der Waals surface area (Å²) in [4.78, 5) is 3.71. The number of phenolic OH excluding ortho intramolecular Hbond substituents is 1. The zero-order chi connectivity index (χ0) is 11.1. The Kier molecular flexibility index (Phi) is 4.42. The van der Waals surface area contributed by atoms with E-state index < -0.39 is 12.4 Å². The van der Waals surface area contributed by atoms with Crippen LogP contribution in [0.1, 0.15) is 0 Å². The predicted molar refractivity (Wildman–Crippen MR) is 52.1 cm³/mol. The zero-order valence-corrected chi connectivity index (χ0v) is 11.6. The third kappa shape index (κ3) is 2.60. The minimum Gasteiger partial charge on any atom is -0.506 e. The van der Waals surface area contributed by atoms with Gasteiger partial charge in [-0.3, -0.25) is 4.98 Å². The molecule has 0 unspecified atom stereocenters. The molecule has 0 aliphatic heterocycles. The first-order valence-corrected chi connectivity index (χ1v) is 4.26. The van der Waals surface area contributed by atoms with Gasteiger partial charge in [-0.15, -0.1) is 0 Å². The molecule has 1 aromatic heterocycles. The maximum Gasteiger partial charge on any atom is 1.00 e. The number of benzene rings is 1. The average Bonchev–Trinajstić information content (AvgIpc) is 2.16. The van der Waals surface area contributed by atoms with Crippen molar-refractivity contribution in [2.24, 2.45) is 0 Å². The minimum absolute atomic E-state index is 0. The Morgan fingerprint density at radius 2 is 1.81 bits per heavy atom. The summed E-state index contributed by atoms with van der Waals surface area (Å²) in [5.41, 5.74) is -0.745. The molecule has 2 aromatic rings. The van der Waals surface area contributed by atoms with Gasteiger partial charge < -0.3 is 18.1 Å². The summed E-state index contributed by atoms with van der Waals surface area (Å²) >= 11 is 0. The quantitative estimate of drug-likeness (QED) is 0.659. The standard InChI is InChI=1S/C9H6BF3NO.K/c11-10(12,13)7-4-5-14-9-6(7)2-1-3-8(9)15;/h1-5,15H;/q-1;+1. The molecule has 0 saturated carbocycles. The monoisotopic (exact) mass is 251 g/mol. The number of aromatic nitrogens is 1. The van der Waals surface area contributed by atoms with Crippen LogP contribution in [0.5, 0.6) is 5.75 Å².